The molecule has 0 bridgehead atoms. The highest BCUT2D eigenvalue weighted by Crippen LogP contribution is 2.33. The zero-order valence-corrected chi connectivity index (χ0v) is 20.8. The monoisotopic (exact) mass is 505 g/mol. The summed E-state index contributed by atoms with van der Waals surface area (Å²) in [7, 11) is 2.06. The first kappa shape index (κ1) is 24.0. The van der Waals surface area contributed by atoms with E-state index < -0.39 is 0 Å². The molecule has 1 aliphatic heterocycles. The molecule has 2 aliphatic rings. The van der Waals surface area contributed by atoms with Crippen LogP contribution in [0.3, 0.4) is 0 Å². The molecule has 0 unspecified atom stereocenters. The Morgan fingerprint density at radius 2 is 1.64 bits per heavy atom. The van der Waals surface area contributed by atoms with Gasteiger partial charge in [0.1, 0.15) is 5.02 Å². The number of para-hydroxylation sites is 2. The highest BCUT2D eigenvalue weighted by atomic mass is 35.5. The Bertz CT molecular complexity index is 1260. The van der Waals surface area contributed by atoms with E-state index in [1.54, 1.807) is 12.1 Å². The van der Waals surface area contributed by atoms with Crippen molar-refractivity contribution in [3.8, 4) is 0 Å². The maximum atomic E-state index is 12.8. The van der Waals surface area contributed by atoms with Gasteiger partial charge >= 0.3 is 0 Å². The second-order valence-electron chi connectivity index (χ2n) is 9.12. The zero-order valence-electron chi connectivity index (χ0n) is 20.0. The molecule has 0 spiro atoms. The summed E-state index contributed by atoms with van der Waals surface area (Å²) in [5, 5.41) is 9.67. The van der Waals surface area contributed by atoms with Crippen LogP contribution in [0.25, 0.3) is 0 Å². The van der Waals surface area contributed by atoms with E-state index in [0.29, 0.717) is 33.7 Å². The molecule has 2 fully saturated rings. The molecule has 2 aromatic carbocycles. The molecule has 10 heteroatoms. The Kier molecular flexibility index (Phi) is 7.02. The smallest absolute Gasteiger partial charge is 0.253 e. The van der Waals surface area contributed by atoms with Crippen LogP contribution in [0.4, 0.5) is 28.8 Å². The molecule has 0 radical (unpaired) electrons. The van der Waals surface area contributed by atoms with Crippen LogP contribution in [0.5, 0.6) is 0 Å². The summed E-state index contributed by atoms with van der Waals surface area (Å²) in [4.78, 5) is 37.9. The van der Waals surface area contributed by atoms with E-state index in [2.05, 4.69) is 37.9 Å². The lowest BCUT2D eigenvalue weighted by Crippen LogP contribution is -2.47. The largest absolute Gasteiger partial charge is 0.337 e. The molecule has 186 valence electrons. The molecule has 1 saturated carbocycles. The van der Waals surface area contributed by atoms with E-state index >= 15 is 0 Å². The normalized spacial score (nSPS) is 15.9. The molecule has 3 aromatic rings. The van der Waals surface area contributed by atoms with Crippen molar-refractivity contribution in [2.75, 3.05) is 49.2 Å². The minimum absolute atomic E-state index is 0.0231. The summed E-state index contributed by atoms with van der Waals surface area (Å²) in [6.07, 6.45) is 3.37. The highest BCUT2D eigenvalue weighted by Gasteiger charge is 2.30. The van der Waals surface area contributed by atoms with Gasteiger partial charge in [-0.15, -0.1) is 0 Å². The first-order valence-electron chi connectivity index (χ1n) is 12.0. The molecule has 2 amide bonds. The van der Waals surface area contributed by atoms with E-state index in [9.17, 15) is 9.59 Å². The van der Waals surface area contributed by atoms with Gasteiger partial charge in [0.25, 0.3) is 5.91 Å². The van der Waals surface area contributed by atoms with Crippen molar-refractivity contribution in [2.45, 2.75) is 12.8 Å². The topological polar surface area (TPSA) is 102 Å². The number of halogens is 1. The molecule has 2 heterocycles. The van der Waals surface area contributed by atoms with Gasteiger partial charge < -0.3 is 25.8 Å². The van der Waals surface area contributed by atoms with Crippen LogP contribution in [-0.4, -0.2) is 64.8 Å². The van der Waals surface area contributed by atoms with Crippen LogP contribution < -0.4 is 16.0 Å². The fraction of sp³-hybridized carbons (Fsp3) is 0.308. The molecule has 3 N–H and O–H groups in total. The molecular weight excluding hydrogens is 478 g/mol. The molecule has 0 atom stereocenters. The lowest BCUT2D eigenvalue weighted by atomic mass is 10.1. The number of carbonyl (C=O) groups excluding carboxylic acids is 2. The van der Waals surface area contributed by atoms with Crippen molar-refractivity contribution in [2.24, 2.45) is 5.92 Å². The van der Waals surface area contributed by atoms with Gasteiger partial charge in [-0.3, -0.25) is 9.59 Å². The molecule has 1 aliphatic carbocycles. The third kappa shape index (κ3) is 5.75. The summed E-state index contributed by atoms with van der Waals surface area (Å²) in [6, 6.07) is 14.7. The average Bonchev–Trinajstić information content (AvgIpc) is 3.74. The van der Waals surface area contributed by atoms with E-state index in [0.717, 1.165) is 44.7 Å². The second-order valence-corrected chi connectivity index (χ2v) is 9.53. The van der Waals surface area contributed by atoms with Crippen LogP contribution in [0.15, 0.2) is 54.7 Å². The molecule has 36 heavy (non-hydrogen) atoms. The van der Waals surface area contributed by atoms with Crippen LogP contribution in [0.2, 0.25) is 5.02 Å². The van der Waals surface area contributed by atoms with Crippen molar-refractivity contribution in [1.29, 1.82) is 0 Å². The lowest BCUT2D eigenvalue weighted by Gasteiger charge is -2.32. The molecule has 9 nitrogen and oxygen atoms in total. The summed E-state index contributed by atoms with van der Waals surface area (Å²) in [5.74, 6) is 0.912. The minimum Gasteiger partial charge on any atom is -0.337 e. The summed E-state index contributed by atoms with van der Waals surface area (Å²) in [5.41, 5.74) is 2.74. The number of anilines is 5. The van der Waals surface area contributed by atoms with Gasteiger partial charge in [-0.2, -0.15) is 4.98 Å². The van der Waals surface area contributed by atoms with Gasteiger partial charge in [0.15, 0.2) is 5.82 Å². The van der Waals surface area contributed by atoms with Gasteiger partial charge in [0.05, 0.1) is 17.6 Å². The lowest BCUT2D eigenvalue weighted by molar-refractivity contribution is -0.117. The summed E-state index contributed by atoms with van der Waals surface area (Å²) >= 11 is 6.36. The van der Waals surface area contributed by atoms with Gasteiger partial charge in [0.2, 0.25) is 11.9 Å². The Morgan fingerprint density at radius 3 is 2.33 bits per heavy atom. The number of likely N-dealkylation sites (N-methyl/N-ethyl adjacent to an activating group) is 1. The Morgan fingerprint density at radius 1 is 0.944 bits per heavy atom. The van der Waals surface area contributed by atoms with Gasteiger partial charge in [-0.05, 0) is 56.3 Å². The van der Waals surface area contributed by atoms with E-state index in [4.69, 9.17) is 11.6 Å². The summed E-state index contributed by atoms with van der Waals surface area (Å²) < 4.78 is 0. The van der Waals surface area contributed by atoms with Crippen molar-refractivity contribution >= 4 is 52.2 Å². The fourth-order valence-electron chi connectivity index (χ4n) is 3.94. The number of rotatable bonds is 7. The van der Waals surface area contributed by atoms with Crippen molar-refractivity contribution in [3.05, 3.63) is 65.3 Å². The third-order valence-electron chi connectivity index (χ3n) is 6.31. The average molecular weight is 506 g/mol. The Hall–Kier alpha value is -3.69. The molecule has 5 rings (SSSR count). The number of hydrogen-bond acceptors (Lipinski definition) is 7. The van der Waals surface area contributed by atoms with E-state index in [1.807, 2.05) is 41.3 Å². The van der Waals surface area contributed by atoms with Crippen LogP contribution in [0, 0.1) is 5.92 Å². The standard InChI is InChI=1S/C26H28ClN7O2/c1-33-12-14-34(15-13-33)25(36)18-8-10-19(11-9-18)29-26-28-16-20(27)23(32-26)30-21-4-2-3-5-22(21)31-24(35)17-6-7-17/h2-5,8-11,16-17H,6-7,12-15H2,1H3,(H,31,35)(H2,28,29,30,32). The van der Waals surface area contributed by atoms with Gasteiger partial charge in [-0.1, -0.05) is 23.7 Å². The predicted octanol–water partition coefficient (Wildman–Crippen LogP) is 4.35. The highest BCUT2D eigenvalue weighted by molar-refractivity contribution is 6.33. The van der Waals surface area contributed by atoms with E-state index in [1.165, 1.54) is 6.20 Å². The second kappa shape index (κ2) is 10.5. The van der Waals surface area contributed by atoms with Crippen LogP contribution in [-0.2, 0) is 4.79 Å². The van der Waals surface area contributed by atoms with Crippen molar-refractivity contribution in [1.82, 2.24) is 19.8 Å². The number of carbonyl (C=O) groups is 2. The van der Waals surface area contributed by atoms with Crippen LogP contribution >= 0.6 is 11.6 Å². The van der Waals surface area contributed by atoms with E-state index in [-0.39, 0.29) is 17.7 Å². The number of piperazine rings is 1. The van der Waals surface area contributed by atoms with Crippen LogP contribution in [0.1, 0.15) is 23.2 Å². The minimum atomic E-state index is 0.0231. The maximum Gasteiger partial charge on any atom is 0.253 e. The summed E-state index contributed by atoms with van der Waals surface area (Å²) in [6.45, 7) is 3.23. The number of aromatic nitrogens is 2. The number of hydrogen-bond donors (Lipinski definition) is 3. The number of nitrogens with zero attached hydrogens (tertiary/aromatic N) is 4. The number of amides is 2. The number of nitrogens with one attached hydrogen (secondary N) is 3. The molecule has 1 aromatic heterocycles. The Balaban J connectivity index is 1.26. The molecule has 1 saturated heterocycles. The quantitative estimate of drug-likeness (QED) is 0.438. The van der Waals surface area contributed by atoms with Gasteiger partial charge in [0, 0.05) is 43.3 Å². The Labute approximate surface area is 214 Å². The third-order valence-corrected chi connectivity index (χ3v) is 6.59. The zero-order chi connectivity index (χ0) is 25.1. The van der Waals surface area contributed by atoms with Crippen molar-refractivity contribution in [3.63, 3.8) is 0 Å². The first-order chi connectivity index (χ1) is 17.5. The van der Waals surface area contributed by atoms with Gasteiger partial charge in [-0.25, -0.2) is 4.98 Å². The van der Waals surface area contributed by atoms with Crippen molar-refractivity contribution < 1.29 is 9.59 Å². The first-order valence-corrected chi connectivity index (χ1v) is 12.4. The molecular formula is C26H28ClN7O2. The maximum absolute atomic E-state index is 12.8. The number of benzene rings is 2. The fourth-order valence-corrected chi connectivity index (χ4v) is 4.08. The predicted molar refractivity (Wildman–Crippen MR) is 141 cm³/mol. The SMILES string of the molecule is CN1CCN(C(=O)c2ccc(Nc3ncc(Cl)c(Nc4ccccc4NC(=O)C4CC4)n3)cc2)CC1.